The van der Waals surface area contributed by atoms with Gasteiger partial charge in [0.25, 0.3) is 5.69 Å². The zero-order valence-electron chi connectivity index (χ0n) is 10.8. The Morgan fingerprint density at radius 1 is 1.37 bits per heavy atom. The lowest BCUT2D eigenvalue weighted by Gasteiger charge is -2.23. The quantitative estimate of drug-likeness (QED) is 0.635. The Bertz CT molecular complexity index is 478. The van der Waals surface area contributed by atoms with Crippen LogP contribution in [0.15, 0.2) is 12.1 Å². The minimum Gasteiger partial charge on any atom is -0.486 e. The molecule has 0 aromatic heterocycles. The first-order valence-corrected chi connectivity index (χ1v) is 6.12. The van der Waals surface area contributed by atoms with Crippen molar-refractivity contribution in [2.75, 3.05) is 38.3 Å². The molecule has 0 radical (unpaired) electrons. The molecule has 7 nitrogen and oxygen atoms in total. The van der Waals surface area contributed by atoms with Crippen molar-refractivity contribution in [3.63, 3.8) is 0 Å². The van der Waals surface area contributed by atoms with Crippen LogP contribution in [0, 0.1) is 10.1 Å². The van der Waals surface area contributed by atoms with Crippen molar-refractivity contribution < 1.29 is 14.4 Å². The average Bonchev–Trinajstić information content (AvgIpc) is 2.43. The lowest BCUT2D eigenvalue weighted by molar-refractivity contribution is -0.384. The van der Waals surface area contributed by atoms with Crippen LogP contribution in [0.3, 0.4) is 0 Å². The summed E-state index contributed by atoms with van der Waals surface area (Å²) in [6, 6.07) is 3.08. The third-order valence-electron chi connectivity index (χ3n) is 2.94. The first kappa shape index (κ1) is 13.4. The molecule has 0 aliphatic carbocycles. The Balaban J connectivity index is 2.36. The number of nitrogens with two attached hydrogens (primary N) is 1. The van der Waals surface area contributed by atoms with Gasteiger partial charge in [0.2, 0.25) is 0 Å². The van der Waals surface area contributed by atoms with Crippen molar-refractivity contribution in [1.82, 2.24) is 0 Å². The van der Waals surface area contributed by atoms with Gasteiger partial charge in [-0.15, -0.1) is 0 Å². The largest absolute Gasteiger partial charge is 0.486 e. The fourth-order valence-corrected chi connectivity index (χ4v) is 1.97. The number of nitro benzene ring substituents is 1. The zero-order valence-corrected chi connectivity index (χ0v) is 10.8. The van der Waals surface area contributed by atoms with Crippen LogP contribution in [0.4, 0.5) is 11.4 Å². The smallest absolute Gasteiger partial charge is 0.296 e. The molecule has 0 fully saturated rings. The first-order valence-electron chi connectivity index (χ1n) is 6.12. The van der Waals surface area contributed by atoms with E-state index in [0.717, 1.165) is 6.42 Å². The molecule has 7 heteroatoms. The summed E-state index contributed by atoms with van der Waals surface area (Å²) in [4.78, 5) is 12.5. The number of benzene rings is 1. The van der Waals surface area contributed by atoms with Gasteiger partial charge in [-0.05, 0) is 13.0 Å². The second-order valence-electron chi connectivity index (χ2n) is 4.31. The van der Waals surface area contributed by atoms with E-state index in [9.17, 15) is 10.1 Å². The molecule has 1 aliphatic rings. The third kappa shape index (κ3) is 2.87. The number of nitro groups is 1. The van der Waals surface area contributed by atoms with E-state index >= 15 is 0 Å². The van der Waals surface area contributed by atoms with Crippen LogP contribution in [-0.4, -0.2) is 38.3 Å². The van der Waals surface area contributed by atoms with Gasteiger partial charge < -0.3 is 20.1 Å². The maximum absolute atomic E-state index is 11.1. The normalized spacial score (nSPS) is 13.2. The van der Waals surface area contributed by atoms with E-state index in [1.54, 1.807) is 13.1 Å². The second kappa shape index (κ2) is 5.75. The molecule has 0 spiro atoms. The Morgan fingerprint density at radius 2 is 2.00 bits per heavy atom. The van der Waals surface area contributed by atoms with Crippen LogP contribution in [0.1, 0.15) is 6.42 Å². The van der Waals surface area contributed by atoms with E-state index in [2.05, 4.69) is 0 Å². The molecular formula is C12H17N3O4. The number of rotatable bonds is 5. The van der Waals surface area contributed by atoms with Gasteiger partial charge in [-0.1, -0.05) is 0 Å². The molecule has 1 heterocycles. The highest BCUT2D eigenvalue weighted by Gasteiger charge is 2.24. The van der Waals surface area contributed by atoms with Gasteiger partial charge in [0, 0.05) is 19.7 Å². The van der Waals surface area contributed by atoms with E-state index in [0.29, 0.717) is 43.5 Å². The fraction of sp³-hybridized carbons (Fsp3) is 0.500. The molecule has 1 aromatic carbocycles. The van der Waals surface area contributed by atoms with Crippen LogP contribution in [0.2, 0.25) is 0 Å². The maximum atomic E-state index is 11.1. The number of fused-ring (bicyclic) bond motifs is 1. The van der Waals surface area contributed by atoms with Gasteiger partial charge in [-0.25, -0.2) is 0 Å². The summed E-state index contributed by atoms with van der Waals surface area (Å²) >= 11 is 0. The molecule has 0 saturated carbocycles. The minimum absolute atomic E-state index is 0.0174. The highest BCUT2D eigenvalue weighted by molar-refractivity contribution is 5.69. The van der Waals surface area contributed by atoms with E-state index in [1.165, 1.54) is 6.07 Å². The summed E-state index contributed by atoms with van der Waals surface area (Å²) in [5.74, 6) is 0.973. The van der Waals surface area contributed by atoms with E-state index in [4.69, 9.17) is 15.2 Å². The van der Waals surface area contributed by atoms with Crippen LogP contribution < -0.4 is 20.1 Å². The molecule has 1 aliphatic heterocycles. The molecule has 19 heavy (non-hydrogen) atoms. The summed E-state index contributed by atoms with van der Waals surface area (Å²) < 4.78 is 10.8. The summed E-state index contributed by atoms with van der Waals surface area (Å²) in [6.07, 6.45) is 0.766. The molecule has 2 rings (SSSR count). The topological polar surface area (TPSA) is 90.9 Å². The highest BCUT2D eigenvalue weighted by atomic mass is 16.6. The Morgan fingerprint density at radius 3 is 2.58 bits per heavy atom. The molecule has 0 bridgehead atoms. The third-order valence-corrected chi connectivity index (χ3v) is 2.94. The molecule has 104 valence electrons. The van der Waals surface area contributed by atoms with Gasteiger partial charge in [0.05, 0.1) is 11.0 Å². The van der Waals surface area contributed by atoms with E-state index in [-0.39, 0.29) is 5.69 Å². The maximum Gasteiger partial charge on any atom is 0.296 e. The molecule has 2 N–H and O–H groups in total. The summed E-state index contributed by atoms with van der Waals surface area (Å²) in [7, 11) is 1.80. The number of nitrogens with zero attached hydrogens (tertiary/aromatic N) is 2. The number of hydrogen-bond donors (Lipinski definition) is 1. The monoisotopic (exact) mass is 267 g/mol. The van der Waals surface area contributed by atoms with Crippen molar-refractivity contribution in [2.45, 2.75) is 6.42 Å². The Kier molecular flexibility index (Phi) is 4.06. The molecule has 0 atom stereocenters. The summed E-state index contributed by atoms with van der Waals surface area (Å²) in [5.41, 5.74) is 5.99. The van der Waals surface area contributed by atoms with Gasteiger partial charge in [-0.2, -0.15) is 0 Å². The van der Waals surface area contributed by atoms with Crippen LogP contribution in [-0.2, 0) is 0 Å². The molecule has 0 saturated heterocycles. The number of hydrogen-bond acceptors (Lipinski definition) is 6. The van der Waals surface area contributed by atoms with Crippen molar-refractivity contribution in [2.24, 2.45) is 5.73 Å². The summed E-state index contributed by atoms with van der Waals surface area (Å²) in [5, 5.41) is 11.1. The number of ether oxygens (including phenoxy) is 2. The Labute approximate surface area is 111 Å². The zero-order chi connectivity index (χ0) is 13.8. The molecule has 0 amide bonds. The molecule has 1 aromatic rings. The molecular weight excluding hydrogens is 250 g/mol. The van der Waals surface area contributed by atoms with Crippen molar-refractivity contribution in [1.29, 1.82) is 0 Å². The lowest BCUT2D eigenvalue weighted by atomic mass is 10.2. The van der Waals surface area contributed by atoms with E-state index < -0.39 is 4.92 Å². The van der Waals surface area contributed by atoms with E-state index in [1.807, 2.05) is 4.90 Å². The molecule has 0 unspecified atom stereocenters. The van der Waals surface area contributed by atoms with Crippen molar-refractivity contribution >= 4 is 11.4 Å². The van der Waals surface area contributed by atoms with Gasteiger partial charge in [0.1, 0.15) is 18.9 Å². The van der Waals surface area contributed by atoms with Crippen LogP contribution >= 0.6 is 0 Å². The predicted molar refractivity (Wildman–Crippen MR) is 71.0 cm³/mol. The first-order chi connectivity index (χ1) is 9.13. The van der Waals surface area contributed by atoms with Crippen LogP contribution in [0.5, 0.6) is 11.5 Å². The highest BCUT2D eigenvalue weighted by Crippen LogP contribution is 2.40. The van der Waals surface area contributed by atoms with Crippen LogP contribution in [0.25, 0.3) is 0 Å². The Hall–Kier alpha value is -2.02. The summed E-state index contributed by atoms with van der Waals surface area (Å²) in [6.45, 7) is 2.06. The predicted octanol–water partition coefficient (Wildman–Crippen LogP) is 1.15. The minimum atomic E-state index is -0.410. The number of anilines is 1. The average molecular weight is 267 g/mol. The van der Waals surface area contributed by atoms with Gasteiger partial charge >= 0.3 is 0 Å². The second-order valence-corrected chi connectivity index (χ2v) is 4.31. The van der Waals surface area contributed by atoms with Crippen molar-refractivity contribution in [3.8, 4) is 11.5 Å². The standard InChI is InChI=1S/C12H17N3O4/c1-14(4-2-3-13)9-7-11-12(19-6-5-18-11)8-10(9)15(16)17/h7-8H,2-6,13H2,1H3. The SMILES string of the molecule is CN(CCCN)c1cc2c(cc1[N+](=O)[O-])OCCO2. The van der Waals surface area contributed by atoms with Crippen molar-refractivity contribution in [3.05, 3.63) is 22.2 Å². The van der Waals surface area contributed by atoms with Gasteiger partial charge in [0.15, 0.2) is 11.5 Å². The fourth-order valence-electron chi connectivity index (χ4n) is 1.97. The lowest BCUT2D eigenvalue weighted by Crippen LogP contribution is -2.23. The van der Waals surface area contributed by atoms with Gasteiger partial charge in [-0.3, -0.25) is 10.1 Å².